The number of nitrogens with two attached hydrogens (primary N) is 1. The minimum Gasteiger partial charge on any atom is -0.334 e. The molecule has 0 saturated carbocycles. The quantitative estimate of drug-likeness (QED) is 0.836. The van der Waals surface area contributed by atoms with Gasteiger partial charge in [0.05, 0.1) is 6.04 Å². The van der Waals surface area contributed by atoms with Gasteiger partial charge in [-0.2, -0.15) is 0 Å². The van der Waals surface area contributed by atoms with E-state index < -0.39 is 0 Å². The number of hydrogen-bond acceptors (Lipinski definition) is 2. The van der Waals surface area contributed by atoms with Crippen molar-refractivity contribution in [3.63, 3.8) is 0 Å². The van der Waals surface area contributed by atoms with Crippen molar-refractivity contribution in [2.24, 2.45) is 5.73 Å². The molecule has 1 amide bonds. The van der Waals surface area contributed by atoms with Gasteiger partial charge >= 0.3 is 0 Å². The fourth-order valence-electron chi connectivity index (χ4n) is 2.26. The molecule has 94 valence electrons. The van der Waals surface area contributed by atoms with Crippen LogP contribution in [0.1, 0.15) is 24.9 Å². The molecule has 0 bridgehead atoms. The van der Waals surface area contributed by atoms with Crippen LogP contribution in [0.15, 0.2) is 24.3 Å². The normalized spacial score (nSPS) is 23.4. The minimum atomic E-state index is -0.273. The zero-order valence-corrected chi connectivity index (χ0v) is 10.4. The average molecular weight is 259 g/mol. The molecule has 0 unspecified atom stereocenters. The van der Waals surface area contributed by atoms with E-state index in [4.69, 9.17) is 5.73 Å². The number of halogens is 2. The molecule has 3 nitrogen and oxygen atoms in total. The first-order chi connectivity index (χ1) is 7.59. The Morgan fingerprint density at radius 1 is 1.41 bits per heavy atom. The topological polar surface area (TPSA) is 46.3 Å². The number of amides is 1. The molecule has 0 spiro atoms. The van der Waals surface area contributed by atoms with Gasteiger partial charge in [-0.3, -0.25) is 4.79 Å². The first kappa shape index (κ1) is 13.9. The van der Waals surface area contributed by atoms with Crippen molar-refractivity contribution in [2.45, 2.75) is 25.4 Å². The van der Waals surface area contributed by atoms with E-state index in [1.54, 1.807) is 17.0 Å². The molecular weight excluding hydrogens is 243 g/mol. The van der Waals surface area contributed by atoms with Crippen LogP contribution in [-0.4, -0.2) is 23.4 Å². The molecule has 1 aromatic rings. The summed E-state index contributed by atoms with van der Waals surface area (Å²) >= 11 is 0. The Balaban J connectivity index is 0.00000144. The fraction of sp³-hybridized carbons (Fsp3) is 0.417. The van der Waals surface area contributed by atoms with Crippen molar-refractivity contribution in [3.05, 3.63) is 35.6 Å². The number of hydrogen-bond donors (Lipinski definition) is 1. The lowest BCUT2D eigenvalue weighted by Gasteiger charge is -2.26. The van der Waals surface area contributed by atoms with Crippen molar-refractivity contribution < 1.29 is 9.18 Å². The average Bonchev–Trinajstić information content (AvgIpc) is 2.62. The first-order valence-corrected chi connectivity index (χ1v) is 5.38. The number of likely N-dealkylation sites (tertiary alicyclic amines) is 1. The molecule has 1 aliphatic rings. The lowest BCUT2D eigenvalue weighted by Crippen LogP contribution is -2.34. The third kappa shape index (κ3) is 2.76. The molecular formula is C12H16ClFN2O. The van der Waals surface area contributed by atoms with Crippen LogP contribution in [-0.2, 0) is 4.79 Å². The van der Waals surface area contributed by atoms with Crippen LogP contribution in [0.2, 0.25) is 0 Å². The third-order valence-electron chi connectivity index (χ3n) is 3.06. The Labute approximate surface area is 106 Å². The van der Waals surface area contributed by atoms with Gasteiger partial charge in [0.2, 0.25) is 5.91 Å². The summed E-state index contributed by atoms with van der Waals surface area (Å²) in [5.41, 5.74) is 6.89. The maximum absolute atomic E-state index is 12.8. The lowest BCUT2D eigenvalue weighted by atomic mass is 10.0. The second kappa shape index (κ2) is 5.47. The van der Waals surface area contributed by atoms with E-state index in [-0.39, 0.29) is 36.2 Å². The molecule has 0 aliphatic carbocycles. The summed E-state index contributed by atoms with van der Waals surface area (Å²) in [6.07, 6.45) is 0.793. The maximum Gasteiger partial charge on any atom is 0.220 e. The van der Waals surface area contributed by atoms with Crippen molar-refractivity contribution >= 4 is 18.3 Å². The van der Waals surface area contributed by atoms with Crippen LogP contribution in [0.3, 0.4) is 0 Å². The van der Waals surface area contributed by atoms with Gasteiger partial charge < -0.3 is 10.6 Å². The highest BCUT2D eigenvalue weighted by Crippen LogP contribution is 2.31. The molecule has 1 aromatic carbocycles. The van der Waals surface area contributed by atoms with E-state index in [1.807, 2.05) is 0 Å². The molecule has 2 rings (SSSR count). The number of carbonyl (C=O) groups excluding carboxylic acids is 1. The van der Waals surface area contributed by atoms with Crippen molar-refractivity contribution in [1.29, 1.82) is 0 Å². The van der Waals surface area contributed by atoms with Gasteiger partial charge in [-0.05, 0) is 24.1 Å². The molecule has 5 heteroatoms. The smallest absolute Gasteiger partial charge is 0.220 e. The largest absolute Gasteiger partial charge is 0.334 e. The van der Waals surface area contributed by atoms with Gasteiger partial charge in [-0.15, -0.1) is 12.4 Å². The molecule has 2 N–H and O–H groups in total. The van der Waals surface area contributed by atoms with Gasteiger partial charge in [0.1, 0.15) is 5.82 Å². The summed E-state index contributed by atoms with van der Waals surface area (Å²) in [5, 5.41) is 0. The highest BCUT2D eigenvalue weighted by atomic mass is 35.5. The fourth-order valence-corrected chi connectivity index (χ4v) is 2.26. The van der Waals surface area contributed by atoms with E-state index in [1.165, 1.54) is 19.1 Å². The Morgan fingerprint density at radius 3 is 2.53 bits per heavy atom. The van der Waals surface area contributed by atoms with Crippen LogP contribution in [0.25, 0.3) is 0 Å². The predicted molar refractivity (Wildman–Crippen MR) is 66.4 cm³/mol. The van der Waals surface area contributed by atoms with Crippen molar-refractivity contribution in [3.8, 4) is 0 Å². The summed E-state index contributed by atoms with van der Waals surface area (Å²) in [6.45, 7) is 2.22. The second-order valence-electron chi connectivity index (χ2n) is 4.16. The molecule has 1 heterocycles. The van der Waals surface area contributed by atoms with Crippen LogP contribution < -0.4 is 5.73 Å². The van der Waals surface area contributed by atoms with Crippen LogP contribution >= 0.6 is 12.4 Å². The molecule has 1 aliphatic heterocycles. The molecule has 1 fully saturated rings. The summed E-state index contributed by atoms with van der Waals surface area (Å²) < 4.78 is 12.8. The van der Waals surface area contributed by atoms with E-state index in [0.717, 1.165) is 12.0 Å². The Morgan fingerprint density at radius 2 is 2.00 bits per heavy atom. The van der Waals surface area contributed by atoms with E-state index in [0.29, 0.717) is 6.54 Å². The molecule has 2 atom stereocenters. The number of rotatable bonds is 1. The summed E-state index contributed by atoms with van der Waals surface area (Å²) in [5.74, 6) is -0.257. The Kier molecular flexibility index (Phi) is 4.48. The van der Waals surface area contributed by atoms with Crippen LogP contribution in [0, 0.1) is 5.82 Å². The minimum absolute atomic E-state index is 0. The van der Waals surface area contributed by atoms with Gasteiger partial charge in [-0.25, -0.2) is 4.39 Å². The number of benzene rings is 1. The zero-order valence-electron chi connectivity index (χ0n) is 9.60. The van der Waals surface area contributed by atoms with Crippen LogP contribution in [0.4, 0.5) is 4.39 Å². The summed E-state index contributed by atoms with van der Waals surface area (Å²) in [7, 11) is 0. The first-order valence-electron chi connectivity index (χ1n) is 5.38. The zero-order chi connectivity index (χ0) is 11.7. The van der Waals surface area contributed by atoms with Crippen LogP contribution in [0.5, 0.6) is 0 Å². The summed E-state index contributed by atoms with van der Waals surface area (Å²) in [4.78, 5) is 13.2. The Bertz CT molecular complexity index is 396. The van der Waals surface area contributed by atoms with Gasteiger partial charge in [0.15, 0.2) is 0 Å². The lowest BCUT2D eigenvalue weighted by molar-refractivity contribution is -0.129. The Hall–Kier alpha value is -1.13. The number of carbonyl (C=O) groups is 1. The standard InChI is InChI=1S/C12H15FN2O.ClH/c1-8(16)15-7-6-11(14)12(15)9-2-4-10(13)5-3-9;/h2-5,11-12H,6-7,14H2,1H3;1H/t11-,12-;/m0./s1. The highest BCUT2D eigenvalue weighted by molar-refractivity contribution is 5.85. The SMILES string of the molecule is CC(=O)N1CC[C@H](N)[C@@H]1c1ccc(F)cc1.Cl. The maximum atomic E-state index is 12.8. The van der Waals surface area contributed by atoms with Gasteiger partial charge in [0, 0.05) is 19.5 Å². The summed E-state index contributed by atoms with van der Waals surface area (Å²) in [6, 6.07) is 6.02. The second-order valence-corrected chi connectivity index (χ2v) is 4.16. The van der Waals surface area contributed by atoms with Crippen molar-refractivity contribution in [2.75, 3.05) is 6.54 Å². The molecule has 0 aromatic heterocycles. The van der Waals surface area contributed by atoms with Gasteiger partial charge in [0.25, 0.3) is 0 Å². The van der Waals surface area contributed by atoms with E-state index >= 15 is 0 Å². The predicted octanol–water partition coefficient (Wildman–Crippen LogP) is 1.87. The molecule has 17 heavy (non-hydrogen) atoms. The van der Waals surface area contributed by atoms with E-state index in [2.05, 4.69) is 0 Å². The van der Waals surface area contributed by atoms with E-state index in [9.17, 15) is 9.18 Å². The highest BCUT2D eigenvalue weighted by Gasteiger charge is 2.34. The third-order valence-corrected chi connectivity index (χ3v) is 3.06. The molecule has 1 saturated heterocycles. The number of nitrogens with zero attached hydrogens (tertiary/aromatic N) is 1. The molecule has 0 radical (unpaired) electrons. The van der Waals surface area contributed by atoms with Gasteiger partial charge in [-0.1, -0.05) is 12.1 Å². The monoisotopic (exact) mass is 258 g/mol. The van der Waals surface area contributed by atoms with Crippen molar-refractivity contribution in [1.82, 2.24) is 4.90 Å².